The smallest absolute Gasteiger partial charge is 0.343 e. The molecule has 4 nitrogen and oxygen atoms in total. The fraction of sp³-hybridized carbons (Fsp3) is 0.500. The molecular weight excluding hydrogens is 388 g/mol. The van der Waals surface area contributed by atoms with Crippen LogP contribution in [0.15, 0.2) is 17.1 Å². The number of esters is 1. The van der Waals surface area contributed by atoms with E-state index in [0.29, 0.717) is 18.3 Å². The predicted octanol–water partition coefficient (Wildman–Crippen LogP) is 4.97. The minimum absolute atomic E-state index is 0.0300. The van der Waals surface area contributed by atoms with Crippen molar-refractivity contribution in [2.45, 2.75) is 58.4 Å². The highest BCUT2D eigenvalue weighted by Gasteiger charge is 2.30. The molecule has 0 unspecified atom stereocenters. The van der Waals surface area contributed by atoms with Gasteiger partial charge in [-0.2, -0.15) is 0 Å². The van der Waals surface area contributed by atoms with Crippen molar-refractivity contribution in [1.29, 1.82) is 0 Å². The summed E-state index contributed by atoms with van der Waals surface area (Å²) < 4.78 is 35.9. The molecule has 0 N–H and O–H groups in total. The molecule has 2 fully saturated rings. The topological polar surface area (TPSA) is 48.3 Å². The lowest BCUT2D eigenvalue weighted by molar-refractivity contribution is 0.0524. The summed E-state index contributed by atoms with van der Waals surface area (Å²) in [4.78, 5) is 25.2. The molecule has 30 heavy (non-hydrogen) atoms. The predicted molar refractivity (Wildman–Crippen MR) is 110 cm³/mol. The first-order chi connectivity index (χ1) is 14.4. The van der Waals surface area contributed by atoms with Crippen LogP contribution in [-0.4, -0.2) is 17.1 Å². The molecule has 2 aliphatic carbocycles. The molecule has 0 spiro atoms. The molecule has 0 radical (unpaired) electrons. The van der Waals surface area contributed by atoms with Crippen molar-refractivity contribution in [3.63, 3.8) is 0 Å². The molecule has 0 bridgehead atoms. The van der Waals surface area contributed by atoms with Crippen molar-refractivity contribution in [2.75, 3.05) is 6.61 Å². The maximum Gasteiger partial charge on any atom is 0.343 e. The number of aromatic nitrogens is 1. The third-order valence-corrected chi connectivity index (χ3v) is 6.05. The van der Waals surface area contributed by atoms with Crippen LogP contribution in [0.1, 0.15) is 74.3 Å². The number of halogens is 2. The van der Waals surface area contributed by atoms with Gasteiger partial charge in [0.05, 0.1) is 23.1 Å². The van der Waals surface area contributed by atoms with Crippen molar-refractivity contribution in [3.8, 4) is 11.8 Å². The van der Waals surface area contributed by atoms with Crippen LogP contribution >= 0.6 is 0 Å². The second kappa shape index (κ2) is 8.22. The number of nitrogens with zero attached hydrogens (tertiary/aromatic N) is 1. The second-order valence-corrected chi connectivity index (χ2v) is 8.46. The number of benzene rings is 1. The molecule has 0 saturated heterocycles. The van der Waals surface area contributed by atoms with E-state index in [1.54, 1.807) is 11.5 Å². The van der Waals surface area contributed by atoms with Gasteiger partial charge in [0.1, 0.15) is 5.56 Å². The van der Waals surface area contributed by atoms with Gasteiger partial charge < -0.3 is 9.30 Å². The van der Waals surface area contributed by atoms with Gasteiger partial charge in [-0.15, -0.1) is 0 Å². The molecule has 2 aromatic rings. The fourth-order valence-electron chi connectivity index (χ4n) is 4.37. The van der Waals surface area contributed by atoms with E-state index in [1.165, 1.54) is 12.6 Å². The van der Waals surface area contributed by atoms with Gasteiger partial charge in [-0.25, -0.2) is 13.6 Å². The summed E-state index contributed by atoms with van der Waals surface area (Å²) in [5.41, 5.74) is -0.662. The van der Waals surface area contributed by atoms with Gasteiger partial charge in [0.15, 0.2) is 11.6 Å². The molecule has 2 aliphatic rings. The minimum Gasteiger partial charge on any atom is -0.462 e. The van der Waals surface area contributed by atoms with Crippen molar-refractivity contribution in [2.24, 2.45) is 11.8 Å². The fourth-order valence-corrected chi connectivity index (χ4v) is 4.37. The average Bonchev–Trinajstić information content (AvgIpc) is 3.47. The molecule has 158 valence electrons. The van der Waals surface area contributed by atoms with Crippen molar-refractivity contribution < 1.29 is 18.3 Å². The van der Waals surface area contributed by atoms with Gasteiger partial charge in [-0.1, -0.05) is 25.2 Å². The average molecular weight is 413 g/mol. The van der Waals surface area contributed by atoms with Crippen LogP contribution in [0.5, 0.6) is 0 Å². The monoisotopic (exact) mass is 413 g/mol. The Morgan fingerprint density at radius 3 is 2.67 bits per heavy atom. The second-order valence-electron chi connectivity index (χ2n) is 8.46. The summed E-state index contributed by atoms with van der Waals surface area (Å²) >= 11 is 0. The van der Waals surface area contributed by atoms with Crippen molar-refractivity contribution in [3.05, 3.63) is 45.2 Å². The lowest BCUT2D eigenvalue weighted by Gasteiger charge is -2.15. The summed E-state index contributed by atoms with van der Waals surface area (Å²) in [5.74, 6) is 4.04. The van der Waals surface area contributed by atoms with E-state index in [0.717, 1.165) is 31.7 Å². The third kappa shape index (κ3) is 3.86. The van der Waals surface area contributed by atoms with Gasteiger partial charge in [0.25, 0.3) is 0 Å². The zero-order chi connectivity index (χ0) is 21.4. The van der Waals surface area contributed by atoms with Crippen molar-refractivity contribution in [1.82, 2.24) is 4.57 Å². The molecule has 0 aliphatic heterocycles. The van der Waals surface area contributed by atoms with Crippen LogP contribution in [0, 0.1) is 35.3 Å². The number of rotatable bonds is 4. The number of pyridine rings is 1. The molecular formula is C24H25F2NO3. The minimum atomic E-state index is -1.14. The van der Waals surface area contributed by atoms with E-state index < -0.39 is 23.0 Å². The van der Waals surface area contributed by atoms with Gasteiger partial charge in [0.2, 0.25) is 5.43 Å². The number of carbonyl (C=O) groups excluding carboxylic acids is 1. The highest BCUT2D eigenvalue weighted by atomic mass is 19.2. The van der Waals surface area contributed by atoms with Crippen LogP contribution in [0.4, 0.5) is 8.78 Å². The van der Waals surface area contributed by atoms with E-state index in [1.807, 2.05) is 0 Å². The van der Waals surface area contributed by atoms with E-state index in [9.17, 15) is 18.4 Å². The number of carbonyl (C=O) groups is 1. The Bertz CT molecular complexity index is 1120. The Kier molecular flexibility index (Phi) is 5.64. The SMILES string of the molecule is CCOC(=O)c1cn(C2CC2)c2c(C#CC[C@H]3CC[C@H](C)C3)c(F)c(F)cc2c1=O. The highest BCUT2D eigenvalue weighted by Crippen LogP contribution is 2.38. The Hall–Kier alpha value is -2.68. The molecule has 1 heterocycles. The van der Waals surface area contributed by atoms with Crippen LogP contribution in [0.2, 0.25) is 0 Å². The van der Waals surface area contributed by atoms with Crippen LogP contribution < -0.4 is 5.43 Å². The molecule has 6 heteroatoms. The molecule has 4 rings (SSSR count). The van der Waals surface area contributed by atoms with Gasteiger partial charge in [0, 0.05) is 18.7 Å². The zero-order valence-electron chi connectivity index (χ0n) is 17.3. The summed E-state index contributed by atoms with van der Waals surface area (Å²) in [6.07, 6.45) is 7.08. The van der Waals surface area contributed by atoms with Crippen LogP contribution in [-0.2, 0) is 4.74 Å². The Morgan fingerprint density at radius 2 is 2.03 bits per heavy atom. The Labute approximate surface area is 174 Å². The summed E-state index contributed by atoms with van der Waals surface area (Å²) in [5, 5.41) is -0.0369. The number of hydrogen-bond acceptors (Lipinski definition) is 3. The normalized spacial score (nSPS) is 20.8. The van der Waals surface area contributed by atoms with E-state index in [-0.39, 0.29) is 34.7 Å². The largest absolute Gasteiger partial charge is 0.462 e. The molecule has 1 aromatic heterocycles. The molecule has 2 saturated carbocycles. The van der Waals surface area contributed by atoms with Gasteiger partial charge in [-0.05, 0) is 50.5 Å². The van der Waals surface area contributed by atoms with Crippen LogP contribution in [0.3, 0.4) is 0 Å². The number of ether oxygens (including phenoxy) is 1. The highest BCUT2D eigenvalue weighted by molar-refractivity contribution is 5.95. The van der Waals surface area contributed by atoms with E-state index in [2.05, 4.69) is 18.8 Å². The standard InChI is InChI=1S/C24H25F2NO3/c1-3-30-24(29)19-13-27(16-9-10-16)22-17(6-4-5-15-8-7-14(2)11-15)21(26)20(25)12-18(22)23(19)28/h12-16H,3,5,7-11H2,1-2H3/t14-,15-/m0/s1. The number of fused-ring (bicyclic) bond motifs is 1. The first-order valence-corrected chi connectivity index (χ1v) is 10.6. The quantitative estimate of drug-likeness (QED) is 0.525. The van der Waals surface area contributed by atoms with Crippen molar-refractivity contribution >= 4 is 16.9 Å². The third-order valence-electron chi connectivity index (χ3n) is 6.05. The zero-order valence-corrected chi connectivity index (χ0v) is 17.3. The van der Waals surface area contributed by atoms with Crippen LogP contribution in [0.25, 0.3) is 10.9 Å². The Balaban J connectivity index is 1.86. The summed E-state index contributed by atoms with van der Waals surface area (Å²) in [6, 6.07) is 0.903. The maximum atomic E-state index is 14.8. The van der Waals surface area contributed by atoms with Gasteiger partial charge in [-0.3, -0.25) is 4.79 Å². The first kappa shape index (κ1) is 20.6. The lowest BCUT2D eigenvalue weighted by atomic mass is 10.0. The number of hydrogen-bond donors (Lipinski definition) is 0. The van der Waals surface area contributed by atoms with E-state index in [4.69, 9.17) is 4.74 Å². The first-order valence-electron chi connectivity index (χ1n) is 10.6. The summed E-state index contributed by atoms with van der Waals surface area (Å²) in [6.45, 7) is 3.98. The van der Waals surface area contributed by atoms with E-state index >= 15 is 0 Å². The summed E-state index contributed by atoms with van der Waals surface area (Å²) in [7, 11) is 0. The molecule has 1 aromatic carbocycles. The lowest BCUT2D eigenvalue weighted by Crippen LogP contribution is -2.22. The molecule has 0 amide bonds. The van der Waals surface area contributed by atoms with Gasteiger partial charge >= 0.3 is 5.97 Å². The molecule has 2 atom stereocenters. The Morgan fingerprint density at radius 1 is 1.27 bits per heavy atom. The maximum absolute atomic E-state index is 14.8.